The van der Waals surface area contributed by atoms with Gasteiger partial charge >= 0.3 is 5.97 Å². The van der Waals surface area contributed by atoms with E-state index in [1.807, 2.05) is 23.1 Å². The van der Waals surface area contributed by atoms with E-state index in [0.29, 0.717) is 36.8 Å². The van der Waals surface area contributed by atoms with Crippen molar-refractivity contribution >= 4 is 34.9 Å². The van der Waals surface area contributed by atoms with Crippen molar-refractivity contribution in [1.82, 2.24) is 10.6 Å². The molecule has 7 nitrogen and oxygen atoms in total. The van der Waals surface area contributed by atoms with Gasteiger partial charge in [0.1, 0.15) is 5.75 Å². The van der Waals surface area contributed by atoms with Crippen molar-refractivity contribution in [1.29, 1.82) is 0 Å². The third-order valence-electron chi connectivity index (χ3n) is 3.62. The summed E-state index contributed by atoms with van der Waals surface area (Å²) in [6, 6.07) is 7.42. The monoisotopic (exact) mass is 351 g/mol. The minimum atomic E-state index is -0.639. The van der Waals surface area contributed by atoms with Crippen molar-refractivity contribution in [3.63, 3.8) is 0 Å². The zero-order chi connectivity index (χ0) is 17.5. The first-order valence-corrected chi connectivity index (χ1v) is 8.07. The van der Waals surface area contributed by atoms with Crippen LogP contribution in [0.1, 0.15) is 12.8 Å². The maximum absolute atomic E-state index is 11.9. The molecule has 2 N–H and O–H groups in total. The fourth-order valence-electron chi connectivity index (χ4n) is 2.35. The van der Waals surface area contributed by atoms with E-state index in [9.17, 15) is 9.59 Å². The summed E-state index contributed by atoms with van der Waals surface area (Å²) in [5.41, 5.74) is 0.808. The van der Waals surface area contributed by atoms with Crippen molar-refractivity contribution in [2.24, 2.45) is 0 Å². The molecule has 0 radical (unpaired) electrons. The van der Waals surface area contributed by atoms with Gasteiger partial charge in [-0.05, 0) is 30.8 Å². The molecule has 0 unspecified atom stereocenters. The van der Waals surface area contributed by atoms with Crippen LogP contribution in [-0.4, -0.2) is 50.3 Å². The molecule has 1 amide bonds. The van der Waals surface area contributed by atoms with Crippen molar-refractivity contribution < 1.29 is 19.1 Å². The quantitative estimate of drug-likeness (QED) is 0.462. The number of fused-ring (bicyclic) bond motifs is 1. The van der Waals surface area contributed by atoms with Gasteiger partial charge in [0.25, 0.3) is 5.91 Å². The van der Waals surface area contributed by atoms with Crippen LogP contribution in [0.15, 0.2) is 24.3 Å². The summed E-state index contributed by atoms with van der Waals surface area (Å²) in [4.78, 5) is 24.9. The van der Waals surface area contributed by atoms with E-state index >= 15 is 0 Å². The van der Waals surface area contributed by atoms with Crippen molar-refractivity contribution in [2.45, 2.75) is 18.9 Å². The highest BCUT2D eigenvalue weighted by molar-refractivity contribution is 7.80. The summed E-state index contributed by atoms with van der Waals surface area (Å²) in [6.07, 6.45) is 0.296. The van der Waals surface area contributed by atoms with E-state index in [0.717, 1.165) is 5.69 Å². The number of amides is 1. The number of thiocarbonyl (C=S) groups is 1. The highest BCUT2D eigenvalue weighted by Crippen LogP contribution is 2.33. The second-order valence-corrected chi connectivity index (χ2v) is 5.60. The first-order valence-electron chi connectivity index (χ1n) is 7.66. The van der Waals surface area contributed by atoms with E-state index in [2.05, 4.69) is 15.4 Å². The van der Waals surface area contributed by atoms with Gasteiger partial charge in [0.2, 0.25) is 0 Å². The molecule has 2 rings (SSSR count). The Labute approximate surface area is 146 Å². The molecule has 1 atom stereocenters. The zero-order valence-corrected chi connectivity index (χ0v) is 14.5. The van der Waals surface area contributed by atoms with E-state index in [1.165, 1.54) is 7.11 Å². The standard InChI is InChI=1S/C16H21N3O4S/c1-17-15(21)13-10-19(11-6-3-4-7-12(11)23-13)16(24)18-9-5-8-14(20)22-2/h3-4,6-7,13H,5,8-10H2,1-2H3,(H,17,21)(H,18,24)/t13-/m0/s1. The van der Waals surface area contributed by atoms with E-state index in [-0.39, 0.29) is 11.9 Å². The minimum absolute atomic E-state index is 0.206. The highest BCUT2D eigenvalue weighted by Gasteiger charge is 2.31. The average Bonchev–Trinajstić information content (AvgIpc) is 2.63. The van der Waals surface area contributed by atoms with Gasteiger partial charge in [0.05, 0.1) is 19.3 Å². The van der Waals surface area contributed by atoms with Gasteiger partial charge < -0.3 is 25.0 Å². The summed E-state index contributed by atoms with van der Waals surface area (Å²) in [5, 5.41) is 6.19. The molecule has 8 heteroatoms. The van der Waals surface area contributed by atoms with Gasteiger partial charge in [-0.1, -0.05) is 12.1 Å². The second kappa shape index (κ2) is 8.49. The molecule has 1 aromatic rings. The Kier molecular flexibility index (Phi) is 6.36. The third kappa shape index (κ3) is 4.35. The Bertz CT molecular complexity index is 623. The lowest BCUT2D eigenvalue weighted by Gasteiger charge is -2.35. The number of esters is 1. The maximum atomic E-state index is 11.9. The van der Waals surface area contributed by atoms with Gasteiger partial charge in [0, 0.05) is 20.0 Å². The van der Waals surface area contributed by atoms with Gasteiger partial charge in [-0.2, -0.15) is 0 Å². The minimum Gasteiger partial charge on any atom is -0.477 e. The van der Waals surface area contributed by atoms with Crippen LogP contribution in [0, 0.1) is 0 Å². The van der Waals surface area contributed by atoms with Crippen LogP contribution in [0.3, 0.4) is 0 Å². The van der Waals surface area contributed by atoms with Gasteiger partial charge in [0.15, 0.2) is 11.2 Å². The Hall–Kier alpha value is -2.35. The fourth-order valence-corrected chi connectivity index (χ4v) is 2.62. The molecule has 24 heavy (non-hydrogen) atoms. The molecule has 0 saturated heterocycles. The number of carbonyl (C=O) groups is 2. The molecule has 0 spiro atoms. The number of ether oxygens (including phenoxy) is 2. The molecular weight excluding hydrogens is 330 g/mol. The summed E-state index contributed by atoms with van der Waals surface area (Å²) in [5.74, 6) is 0.151. The molecule has 0 saturated carbocycles. The van der Waals surface area contributed by atoms with Crippen LogP contribution in [0.2, 0.25) is 0 Å². The number of methoxy groups -OCH3 is 1. The van der Waals surface area contributed by atoms with Gasteiger partial charge in [-0.3, -0.25) is 9.59 Å². The maximum Gasteiger partial charge on any atom is 0.305 e. The Morgan fingerprint density at radius 3 is 2.88 bits per heavy atom. The SMILES string of the molecule is CNC(=O)[C@@H]1CN(C(=S)NCCCC(=O)OC)c2ccccc2O1. The van der Waals surface area contributed by atoms with Crippen LogP contribution in [-0.2, 0) is 14.3 Å². The first kappa shape index (κ1) is 18.0. The predicted molar refractivity (Wildman–Crippen MR) is 94.1 cm³/mol. The normalized spacial score (nSPS) is 15.8. The molecule has 0 fully saturated rings. The van der Waals surface area contributed by atoms with E-state index in [4.69, 9.17) is 17.0 Å². The zero-order valence-electron chi connectivity index (χ0n) is 13.7. The smallest absolute Gasteiger partial charge is 0.305 e. The highest BCUT2D eigenvalue weighted by atomic mass is 32.1. The van der Waals surface area contributed by atoms with Crippen molar-refractivity contribution in [3.8, 4) is 5.75 Å². The summed E-state index contributed by atoms with van der Waals surface area (Å²) >= 11 is 5.44. The van der Waals surface area contributed by atoms with Crippen LogP contribution < -0.4 is 20.3 Å². The molecule has 1 aliphatic heterocycles. The topological polar surface area (TPSA) is 79.9 Å². The number of benzene rings is 1. The van der Waals surface area contributed by atoms with E-state index in [1.54, 1.807) is 13.1 Å². The Morgan fingerprint density at radius 2 is 2.17 bits per heavy atom. The number of para-hydroxylation sites is 2. The molecular formula is C16H21N3O4S. The fraction of sp³-hybridized carbons (Fsp3) is 0.438. The van der Waals surface area contributed by atoms with Crippen LogP contribution in [0.4, 0.5) is 5.69 Å². The van der Waals surface area contributed by atoms with Gasteiger partial charge in [-0.15, -0.1) is 0 Å². The molecule has 1 aliphatic rings. The Morgan fingerprint density at radius 1 is 1.42 bits per heavy atom. The van der Waals surface area contributed by atoms with Crippen LogP contribution in [0.5, 0.6) is 5.75 Å². The van der Waals surface area contributed by atoms with E-state index < -0.39 is 6.10 Å². The van der Waals surface area contributed by atoms with Crippen molar-refractivity contribution in [2.75, 3.05) is 32.1 Å². The molecule has 1 aromatic carbocycles. The summed E-state index contributed by atoms with van der Waals surface area (Å²) < 4.78 is 10.3. The molecule has 0 bridgehead atoms. The second-order valence-electron chi connectivity index (χ2n) is 5.21. The molecule has 1 heterocycles. The number of anilines is 1. The molecule has 130 valence electrons. The lowest BCUT2D eigenvalue weighted by Crippen LogP contribution is -2.52. The van der Waals surface area contributed by atoms with Crippen LogP contribution >= 0.6 is 12.2 Å². The van der Waals surface area contributed by atoms with Crippen molar-refractivity contribution in [3.05, 3.63) is 24.3 Å². The number of likely N-dealkylation sites (N-methyl/N-ethyl adjacent to an activating group) is 1. The summed E-state index contributed by atoms with van der Waals surface area (Å²) in [6.45, 7) is 0.859. The number of nitrogens with zero attached hydrogens (tertiary/aromatic N) is 1. The predicted octanol–water partition coefficient (Wildman–Crippen LogP) is 0.828. The van der Waals surface area contributed by atoms with Gasteiger partial charge in [-0.25, -0.2) is 0 Å². The number of nitrogens with one attached hydrogen (secondary N) is 2. The largest absolute Gasteiger partial charge is 0.477 e. The number of hydrogen-bond donors (Lipinski definition) is 2. The first-order chi connectivity index (χ1) is 11.6. The Balaban J connectivity index is 2.02. The molecule has 0 aromatic heterocycles. The average molecular weight is 351 g/mol. The lowest BCUT2D eigenvalue weighted by molar-refractivity contribution is -0.140. The van der Waals surface area contributed by atoms with Crippen LogP contribution in [0.25, 0.3) is 0 Å². The number of rotatable bonds is 5. The lowest BCUT2D eigenvalue weighted by atomic mass is 10.2. The summed E-state index contributed by atoms with van der Waals surface area (Å²) in [7, 11) is 2.93. The third-order valence-corrected chi connectivity index (χ3v) is 3.98. The molecule has 0 aliphatic carbocycles. The number of hydrogen-bond acceptors (Lipinski definition) is 5. The number of carbonyl (C=O) groups excluding carboxylic acids is 2.